The number of carbonyl (C=O) groups excluding carboxylic acids is 1. The van der Waals surface area contributed by atoms with Gasteiger partial charge in [0.2, 0.25) is 0 Å². The summed E-state index contributed by atoms with van der Waals surface area (Å²) in [4.78, 5) is 30.5. The summed E-state index contributed by atoms with van der Waals surface area (Å²) in [5.41, 5.74) is 3.41. The molecule has 1 aromatic carbocycles. The second kappa shape index (κ2) is 8.35. The van der Waals surface area contributed by atoms with Crippen LogP contribution >= 0.6 is 11.8 Å². The normalized spacial score (nSPS) is 11.5. The summed E-state index contributed by atoms with van der Waals surface area (Å²) in [6, 6.07) is 9.32. The SMILES string of the molecule is Cc1cc(C(=O)CSc2nc3ccccc3c(=O)n2CCC(C)C)c(C)n1C. The van der Waals surface area contributed by atoms with Gasteiger partial charge in [-0.25, -0.2) is 4.98 Å². The minimum absolute atomic E-state index is 0.0343. The van der Waals surface area contributed by atoms with E-state index in [1.54, 1.807) is 4.57 Å². The zero-order chi connectivity index (χ0) is 20.4. The lowest BCUT2D eigenvalue weighted by Gasteiger charge is -2.14. The summed E-state index contributed by atoms with van der Waals surface area (Å²) >= 11 is 1.35. The third kappa shape index (κ3) is 4.07. The van der Waals surface area contributed by atoms with Crippen molar-refractivity contribution in [3.05, 3.63) is 57.6 Å². The Hall–Kier alpha value is -2.34. The van der Waals surface area contributed by atoms with E-state index in [1.807, 2.05) is 55.8 Å². The van der Waals surface area contributed by atoms with Gasteiger partial charge in [-0.15, -0.1) is 0 Å². The van der Waals surface area contributed by atoms with Crippen LogP contribution in [0.1, 0.15) is 42.0 Å². The van der Waals surface area contributed by atoms with Gasteiger partial charge in [0.25, 0.3) is 5.56 Å². The van der Waals surface area contributed by atoms with E-state index in [2.05, 4.69) is 13.8 Å². The lowest BCUT2D eigenvalue weighted by Crippen LogP contribution is -2.24. The van der Waals surface area contributed by atoms with E-state index in [0.717, 1.165) is 23.4 Å². The van der Waals surface area contributed by atoms with Crippen LogP contribution in [-0.2, 0) is 13.6 Å². The highest BCUT2D eigenvalue weighted by molar-refractivity contribution is 7.99. The number of carbonyl (C=O) groups is 1. The molecular weight excluding hydrogens is 370 g/mol. The molecule has 0 aliphatic rings. The van der Waals surface area contributed by atoms with Crippen LogP contribution in [0.2, 0.25) is 0 Å². The van der Waals surface area contributed by atoms with Crippen molar-refractivity contribution in [2.45, 2.75) is 45.8 Å². The quantitative estimate of drug-likeness (QED) is 0.337. The number of hydrogen-bond donors (Lipinski definition) is 0. The number of hydrogen-bond acceptors (Lipinski definition) is 4. The lowest BCUT2D eigenvalue weighted by atomic mass is 10.1. The monoisotopic (exact) mass is 397 g/mol. The molecule has 0 bridgehead atoms. The fourth-order valence-electron chi connectivity index (χ4n) is 3.19. The van der Waals surface area contributed by atoms with Gasteiger partial charge in [0.1, 0.15) is 0 Å². The number of aryl methyl sites for hydroxylation is 1. The third-order valence-corrected chi connectivity index (χ3v) is 6.14. The molecule has 0 unspecified atom stereocenters. The zero-order valence-electron chi connectivity index (χ0n) is 17.2. The highest BCUT2D eigenvalue weighted by Crippen LogP contribution is 2.22. The number of para-hydroxylation sites is 1. The summed E-state index contributed by atoms with van der Waals surface area (Å²) in [6.45, 7) is 8.82. The topological polar surface area (TPSA) is 56.9 Å². The summed E-state index contributed by atoms with van der Waals surface area (Å²) in [5.74, 6) is 0.799. The number of benzene rings is 1. The number of nitrogens with zero attached hydrogens (tertiary/aromatic N) is 3. The first-order valence-electron chi connectivity index (χ1n) is 9.58. The van der Waals surface area contributed by atoms with Crippen LogP contribution in [0.5, 0.6) is 0 Å². The molecule has 0 N–H and O–H groups in total. The molecule has 28 heavy (non-hydrogen) atoms. The van der Waals surface area contributed by atoms with Crippen LogP contribution in [0, 0.1) is 19.8 Å². The molecule has 0 spiro atoms. The molecule has 0 aliphatic carbocycles. The van der Waals surface area contributed by atoms with Crippen LogP contribution in [-0.4, -0.2) is 25.7 Å². The van der Waals surface area contributed by atoms with Crippen molar-refractivity contribution < 1.29 is 4.79 Å². The zero-order valence-corrected chi connectivity index (χ0v) is 18.0. The van der Waals surface area contributed by atoms with Crippen LogP contribution in [0.3, 0.4) is 0 Å². The maximum absolute atomic E-state index is 13.0. The van der Waals surface area contributed by atoms with E-state index in [1.165, 1.54) is 11.8 Å². The Morgan fingerprint density at radius 1 is 1.21 bits per heavy atom. The summed E-state index contributed by atoms with van der Waals surface area (Å²) in [7, 11) is 1.96. The third-order valence-electron chi connectivity index (χ3n) is 5.16. The van der Waals surface area contributed by atoms with Crippen molar-refractivity contribution in [1.82, 2.24) is 14.1 Å². The predicted molar refractivity (Wildman–Crippen MR) is 115 cm³/mol. The van der Waals surface area contributed by atoms with E-state index >= 15 is 0 Å². The number of thioether (sulfide) groups is 1. The average Bonchev–Trinajstić information content (AvgIpc) is 2.93. The molecule has 3 rings (SSSR count). The van der Waals surface area contributed by atoms with Gasteiger partial charge in [0.15, 0.2) is 10.9 Å². The summed E-state index contributed by atoms with van der Waals surface area (Å²) in [6.07, 6.45) is 0.887. The van der Waals surface area contributed by atoms with Crippen LogP contribution in [0.25, 0.3) is 10.9 Å². The van der Waals surface area contributed by atoms with Gasteiger partial charge in [0.05, 0.1) is 16.7 Å². The van der Waals surface area contributed by atoms with E-state index in [0.29, 0.717) is 28.5 Å². The van der Waals surface area contributed by atoms with E-state index < -0.39 is 0 Å². The van der Waals surface area contributed by atoms with Crippen molar-refractivity contribution in [3.8, 4) is 0 Å². The van der Waals surface area contributed by atoms with E-state index in [4.69, 9.17) is 4.98 Å². The molecule has 0 amide bonds. The number of Topliss-reactive ketones (excluding diaryl/α,β-unsaturated/α-hetero) is 1. The van der Waals surface area contributed by atoms with Crippen molar-refractivity contribution in [2.75, 3.05) is 5.75 Å². The van der Waals surface area contributed by atoms with Gasteiger partial charge in [-0.3, -0.25) is 14.2 Å². The van der Waals surface area contributed by atoms with Crippen molar-refractivity contribution in [1.29, 1.82) is 0 Å². The van der Waals surface area contributed by atoms with Crippen molar-refractivity contribution in [2.24, 2.45) is 13.0 Å². The first kappa shape index (κ1) is 20.4. The molecule has 5 nitrogen and oxygen atoms in total. The standard InChI is InChI=1S/C22H27N3O2S/c1-14(2)10-11-25-21(27)17-8-6-7-9-19(17)23-22(25)28-13-20(26)18-12-15(3)24(5)16(18)4/h6-9,12,14H,10-11,13H2,1-5H3. The second-order valence-corrected chi connectivity index (χ2v) is 8.55. The molecule has 3 aromatic rings. The first-order chi connectivity index (χ1) is 13.3. The largest absolute Gasteiger partial charge is 0.351 e. The average molecular weight is 398 g/mol. The van der Waals surface area contributed by atoms with E-state index in [9.17, 15) is 9.59 Å². The Morgan fingerprint density at radius 3 is 2.57 bits per heavy atom. The van der Waals surface area contributed by atoms with Crippen molar-refractivity contribution >= 4 is 28.4 Å². The molecule has 6 heteroatoms. The Bertz CT molecular complexity index is 1080. The summed E-state index contributed by atoms with van der Waals surface area (Å²) < 4.78 is 3.74. The fourth-order valence-corrected chi connectivity index (χ4v) is 4.10. The Kier molecular flexibility index (Phi) is 6.08. The lowest BCUT2D eigenvalue weighted by molar-refractivity contribution is 0.102. The van der Waals surface area contributed by atoms with Gasteiger partial charge in [-0.2, -0.15) is 0 Å². The fraction of sp³-hybridized carbons (Fsp3) is 0.409. The summed E-state index contributed by atoms with van der Waals surface area (Å²) in [5, 5.41) is 1.24. The molecule has 2 aromatic heterocycles. The molecule has 148 valence electrons. The molecule has 0 aliphatic heterocycles. The Balaban J connectivity index is 1.92. The number of aromatic nitrogens is 3. The number of ketones is 1. The maximum Gasteiger partial charge on any atom is 0.262 e. The molecule has 0 atom stereocenters. The minimum Gasteiger partial charge on any atom is -0.351 e. The maximum atomic E-state index is 13.0. The van der Waals surface area contributed by atoms with Gasteiger partial charge >= 0.3 is 0 Å². The first-order valence-corrected chi connectivity index (χ1v) is 10.6. The number of fused-ring (bicyclic) bond motifs is 1. The van der Waals surface area contributed by atoms with Crippen LogP contribution in [0.15, 0.2) is 40.3 Å². The van der Waals surface area contributed by atoms with Gasteiger partial charge in [0, 0.05) is 30.5 Å². The predicted octanol–water partition coefficient (Wildman–Crippen LogP) is 4.37. The Labute approximate surface area is 169 Å². The molecule has 2 heterocycles. The highest BCUT2D eigenvalue weighted by Gasteiger charge is 2.17. The number of rotatable bonds is 7. The molecule has 0 radical (unpaired) electrons. The van der Waals surface area contributed by atoms with Crippen LogP contribution < -0.4 is 5.56 Å². The molecule has 0 saturated heterocycles. The molecule has 0 saturated carbocycles. The van der Waals surface area contributed by atoms with Crippen molar-refractivity contribution in [3.63, 3.8) is 0 Å². The highest BCUT2D eigenvalue weighted by atomic mass is 32.2. The van der Waals surface area contributed by atoms with Gasteiger partial charge in [-0.05, 0) is 44.4 Å². The molecular formula is C22H27N3O2S. The van der Waals surface area contributed by atoms with Crippen LogP contribution in [0.4, 0.5) is 0 Å². The van der Waals surface area contributed by atoms with Gasteiger partial charge in [-0.1, -0.05) is 37.7 Å². The van der Waals surface area contributed by atoms with E-state index in [-0.39, 0.29) is 17.1 Å². The second-order valence-electron chi connectivity index (χ2n) is 7.61. The smallest absolute Gasteiger partial charge is 0.262 e. The Morgan fingerprint density at radius 2 is 1.93 bits per heavy atom. The molecule has 0 fully saturated rings. The van der Waals surface area contributed by atoms with Gasteiger partial charge < -0.3 is 4.57 Å². The minimum atomic E-state index is -0.0343.